The van der Waals surface area contributed by atoms with E-state index in [9.17, 15) is 0 Å². The zero-order chi connectivity index (χ0) is 9.42. The monoisotopic (exact) mass is 175 g/mol. The standard InChI is InChI=1S/C12H17N/c1-8-6-7-11(9(2)13)12-5-3-4-10(8)12/h6-7,9H,3-5,13H2,1-2H3. The van der Waals surface area contributed by atoms with E-state index in [-0.39, 0.29) is 6.04 Å². The molecule has 0 aliphatic heterocycles. The molecule has 0 aromatic heterocycles. The number of hydrogen-bond donors (Lipinski definition) is 1. The summed E-state index contributed by atoms with van der Waals surface area (Å²) in [6.45, 7) is 4.28. The van der Waals surface area contributed by atoms with E-state index < -0.39 is 0 Å². The third-order valence-corrected chi connectivity index (χ3v) is 3.05. The molecule has 1 unspecified atom stereocenters. The summed E-state index contributed by atoms with van der Waals surface area (Å²) in [7, 11) is 0. The summed E-state index contributed by atoms with van der Waals surface area (Å²) in [4.78, 5) is 0. The number of aryl methyl sites for hydroxylation is 1. The van der Waals surface area contributed by atoms with Gasteiger partial charge in [-0.1, -0.05) is 12.1 Å². The third kappa shape index (κ3) is 1.37. The summed E-state index contributed by atoms with van der Waals surface area (Å²) >= 11 is 0. The first-order valence-electron chi connectivity index (χ1n) is 5.07. The summed E-state index contributed by atoms with van der Waals surface area (Å²) in [5.41, 5.74) is 11.8. The highest BCUT2D eigenvalue weighted by Gasteiger charge is 2.17. The minimum Gasteiger partial charge on any atom is -0.324 e. The molecule has 13 heavy (non-hydrogen) atoms. The summed E-state index contributed by atoms with van der Waals surface area (Å²) in [6, 6.07) is 4.60. The maximum atomic E-state index is 5.94. The van der Waals surface area contributed by atoms with Crippen LogP contribution >= 0.6 is 0 Å². The smallest absolute Gasteiger partial charge is 0.0268 e. The van der Waals surface area contributed by atoms with Crippen LogP contribution in [0.1, 0.15) is 41.6 Å². The van der Waals surface area contributed by atoms with Gasteiger partial charge in [0.2, 0.25) is 0 Å². The molecule has 2 N–H and O–H groups in total. The molecule has 0 saturated carbocycles. The van der Waals surface area contributed by atoms with Gasteiger partial charge in [0, 0.05) is 6.04 Å². The Bertz CT molecular complexity index is 326. The van der Waals surface area contributed by atoms with Crippen molar-refractivity contribution in [2.24, 2.45) is 5.73 Å². The fraction of sp³-hybridized carbons (Fsp3) is 0.500. The number of benzene rings is 1. The van der Waals surface area contributed by atoms with Crippen molar-refractivity contribution < 1.29 is 0 Å². The fourth-order valence-electron chi connectivity index (χ4n) is 2.34. The van der Waals surface area contributed by atoms with Gasteiger partial charge >= 0.3 is 0 Å². The van der Waals surface area contributed by atoms with E-state index in [1.165, 1.54) is 36.0 Å². The molecule has 1 nitrogen and oxygen atoms in total. The molecule has 0 fully saturated rings. The van der Waals surface area contributed by atoms with Crippen LogP contribution in [0.5, 0.6) is 0 Å². The minimum atomic E-state index is 0.187. The maximum Gasteiger partial charge on any atom is 0.0268 e. The molecular formula is C12H17N. The third-order valence-electron chi connectivity index (χ3n) is 3.05. The van der Waals surface area contributed by atoms with Crippen LogP contribution in [0.25, 0.3) is 0 Å². The van der Waals surface area contributed by atoms with E-state index in [0.717, 1.165) is 0 Å². The molecule has 0 heterocycles. The van der Waals surface area contributed by atoms with Crippen LogP contribution in [0.2, 0.25) is 0 Å². The quantitative estimate of drug-likeness (QED) is 0.697. The van der Waals surface area contributed by atoms with Gasteiger partial charge in [-0.15, -0.1) is 0 Å². The van der Waals surface area contributed by atoms with Gasteiger partial charge < -0.3 is 5.73 Å². The highest BCUT2D eigenvalue weighted by molar-refractivity contribution is 5.44. The van der Waals surface area contributed by atoms with Gasteiger partial charge in [0.1, 0.15) is 0 Å². The van der Waals surface area contributed by atoms with E-state index in [2.05, 4.69) is 26.0 Å². The molecule has 2 rings (SSSR count). The van der Waals surface area contributed by atoms with Gasteiger partial charge in [0.15, 0.2) is 0 Å². The summed E-state index contributed by atoms with van der Waals surface area (Å²) in [6.07, 6.45) is 3.79. The van der Waals surface area contributed by atoms with Crippen molar-refractivity contribution >= 4 is 0 Å². The summed E-state index contributed by atoms with van der Waals surface area (Å²) in [5.74, 6) is 0. The van der Waals surface area contributed by atoms with Crippen LogP contribution in [-0.2, 0) is 12.8 Å². The van der Waals surface area contributed by atoms with Crippen LogP contribution in [0, 0.1) is 6.92 Å². The Balaban J connectivity index is 2.56. The Labute approximate surface area is 80.0 Å². The molecular weight excluding hydrogens is 158 g/mol. The second kappa shape index (κ2) is 3.15. The lowest BCUT2D eigenvalue weighted by Gasteiger charge is -2.13. The predicted molar refractivity (Wildman–Crippen MR) is 55.8 cm³/mol. The van der Waals surface area contributed by atoms with Crippen molar-refractivity contribution in [1.29, 1.82) is 0 Å². The van der Waals surface area contributed by atoms with Gasteiger partial charge in [-0.3, -0.25) is 0 Å². The van der Waals surface area contributed by atoms with E-state index in [0.29, 0.717) is 0 Å². The molecule has 0 spiro atoms. The van der Waals surface area contributed by atoms with E-state index >= 15 is 0 Å². The van der Waals surface area contributed by atoms with Gasteiger partial charge in [-0.25, -0.2) is 0 Å². The predicted octanol–water partition coefficient (Wildman–Crippen LogP) is 2.50. The first-order valence-corrected chi connectivity index (χ1v) is 5.07. The average Bonchev–Trinajstić information content (AvgIpc) is 2.53. The Kier molecular flexibility index (Phi) is 2.12. The van der Waals surface area contributed by atoms with E-state index in [1.54, 1.807) is 5.56 Å². The van der Waals surface area contributed by atoms with Crippen molar-refractivity contribution in [3.05, 3.63) is 34.4 Å². The fourth-order valence-corrected chi connectivity index (χ4v) is 2.34. The first-order chi connectivity index (χ1) is 6.20. The second-order valence-corrected chi connectivity index (χ2v) is 4.07. The molecule has 1 aromatic rings. The normalized spacial score (nSPS) is 17.2. The number of nitrogens with two attached hydrogens (primary N) is 1. The molecule has 0 saturated heterocycles. The lowest BCUT2D eigenvalue weighted by atomic mass is 9.95. The van der Waals surface area contributed by atoms with Gasteiger partial charge in [-0.2, -0.15) is 0 Å². The van der Waals surface area contributed by atoms with Gasteiger partial charge in [0.05, 0.1) is 0 Å². The molecule has 1 atom stereocenters. The number of hydrogen-bond acceptors (Lipinski definition) is 1. The SMILES string of the molecule is Cc1ccc(C(C)N)c2c1CCC2. The molecule has 1 aliphatic rings. The topological polar surface area (TPSA) is 26.0 Å². The van der Waals surface area contributed by atoms with Crippen molar-refractivity contribution in [2.75, 3.05) is 0 Å². The van der Waals surface area contributed by atoms with E-state index in [1.807, 2.05) is 0 Å². The Hall–Kier alpha value is -0.820. The zero-order valence-electron chi connectivity index (χ0n) is 8.43. The van der Waals surface area contributed by atoms with Crippen molar-refractivity contribution in [2.45, 2.75) is 39.2 Å². The Morgan fingerprint density at radius 3 is 2.62 bits per heavy atom. The highest BCUT2D eigenvalue weighted by atomic mass is 14.6. The largest absolute Gasteiger partial charge is 0.324 e. The van der Waals surface area contributed by atoms with Crippen molar-refractivity contribution in [3.8, 4) is 0 Å². The van der Waals surface area contributed by atoms with Gasteiger partial charge in [0.25, 0.3) is 0 Å². The lowest BCUT2D eigenvalue weighted by Crippen LogP contribution is -2.08. The number of rotatable bonds is 1. The highest BCUT2D eigenvalue weighted by Crippen LogP contribution is 2.30. The molecule has 70 valence electrons. The maximum absolute atomic E-state index is 5.94. The molecule has 0 bridgehead atoms. The molecule has 0 radical (unpaired) electrons. The number of fused-ring (bicyclic) bond motifs is 1. The summed E-state index contributed by atoms with van der Waals surface area (Å²) in [5, 5.41) is 0. The second-order valence-electron chi connectivity index (χ2n) is 4.07. The minimum absolute atomic E-state index is 0.187. The van der Waals surface area contributed by atoms with Crippen molar-refractivity contribution in [1.82, 2.24) is 0 Å². The molecule has 1 aromatic carbocycles. The van der Waals surface area contributed by atoms with Crippen LogP contribution < -0.4 is 5.73 Å². The van der Waals surface area contributed by atoms with Gasteiger partial charge in [-0.05, 0) is 55.4 Å². The van der Waals surface area contributed by atoms with Crippen LogP contribution in [0.15, 0.2) is 12.1 Å². The Morgan fingerprint density at radius 2 is 1.92 bits per heavy atom. The summed E-state index contributed by atoms with van der Waals surface area (Å²) < 4.78 is 0. The molecule has 0 amide bonds. The molecule has 1 aliphatic carbocycles. The lowest BCUT2D eigenvalue weighted by molar-refractivity contribution is 0.799. The van der Waals surface area contributed by atoms with E-state index in [4.69, 9.17) is 5.73 Å². The van der Waals surface area contributed by atoms with Crippen molar-refractivity contribution in [3.63, 3.8) is 0 Å². The first kappa shape index (κ1) is 8.76. The average molecular weight is 175 g/mol. The molecule has 1 heteroatoms. The Morgan fingerprint density at radius 1 is 1.23 bits per heavy atom. The zero-order valence-corrected chi connectivity index (χ0v) is 8.43. The van der Waals surface area contributed by atoms with Crippen LogP contribution in [0.3, 0.4) is 0 Å². The van der Waals surface area contributed by atoms with Crippen LogP contribution in [-0.4, -0.2) is 0 Å². The van der Waals surface area contributed by atoms with Crippen LogP contribution in [0.4, 0.5) is 0 Å².